The molecule has 1 aromatic heterocycles. The van der Waals surface area contributed by atoms with E-state index >= 15 is 0 Å². The number of rotatable bonds is 3. The third-order valence-electron chi connectivity index (χ3n) is 2.15. The molecule has 0 bridgehead atoms. The molecule has 0 aliphatic rings. The Kier molecular flexibility index (Phi) is 4.41. The lowest BCUT2D eigenvalue weighted by molar-refractivity contribution is 0.0784. The highest BCUT2D eigenvalue weighted by Crippen LogP contribution is 2.16. The smallest absolute Gasteiger partial charge is 0.256 e. The average molecular weight is 256 g/mol. The Bertz CT molecular complexity index is 472. The summed E-state index contributed by atoms with van der Waals surface area (Å²) >= 11 is 5.72. The molecule has 0 saturated heterocycles. The lowest BCUT2D eigenvalue weighted by Gasteiger charge is -2.18. The fourth-order valence-electron chi connectivity index (χ4n) is 1.31. The number of carbonyl (C=O) groups excluding carboxylic acids is 1. The van der Waals surface area contributed by atoms with Gasteiger partial charge in [-0.2, -0.15) is 5.26 Å². The number of pyridine rings is 1. The molecule has 0 aliphatic heterocycles. The van der Waals surface area contributed by atoms with Crippen LogP contribution in [0.3, 0.4) is 0 Å². The lowest BCUT2D eigenvalue weighted by atomic mass is 10.2. The highest BCUT2D eigenvalue weighted by Gasteiger charge is 2.18. The van der Waals surface area contributed by atoms with E-state index in [9.17, 15) is 9.18 Å². The highest BCUT2D eigenvalue weighted by atomic mass is 35.5. The Morgan fingerprint density at radius 1 is 1.76 bits per heavy atom. The summed E-state index contributed by atoms with van der Waals surface area (Å²) in [5, 5.41) is 8.60. The average Bonchev–Trinajstić information content (AvgIpc) is 2.31. The third-order valence-corrected chi connectivity index (χ3v) is 2.45. The first-order valence-electron chi connectivity index (χ1n) is 4.91. The van der Waals surface area contributed by atoms with E-state index in [1.165, 1.54) is 11.9 Å². The number of carbonyl (C=O) groups is 1. The Labute approximate surface area is 104 Å². The lowest BCUT2D eigenvalue weighted by Crippen LogP contribution is -2.31. The molecule has 0 fully saturated rings. The molecule has 6 heteroatoms. The predicted molar refractivity (Wildman–Crippen MR) is 60.9 cm³/mol. The molecular formula is C11H11ClFN3O. The van der Waals surface area contributed by atoms with Gasteiger partial charge in [0.25, 0.3) is 5.91 Å². The van der Waals surface area contributed by atoms with E-state index in [0.29, 0.717) is 0 Å². The zero-order valence-electron chi connectivity index (χ0n) is 9.44. The Morgan fingerprint density at radius 2 is 2.41 bits per heavy atom. The molecule has 0 saturated carbocycles. The topological polar surface area (TPSA) is 57.0 Å². The number of amides is 1. The van der Waals surface area contributed by atoms with Gasteiger partial charge in [-0.15, -0.1) is 0 Å². The summed E-state index contributed by atoms with van der Waals surface area (Å²) in [4.78, 5) is 16.8. The van der Waals surface area contributed by atoms with Crippen molar-refractivity contribution >= 4 is 17.5 Å². The third kappa shape index (κ3) is 3.40. The standard InChI is InChI=1S/C11H11ClFN3O/c1-7(4-14)6-16(2)11(17)9-3-8(13)5-15-10(9)12/h3,5,7H,6H2,1-2H3. The summed E-state index contributed by atoms with van der Waals surface area (Å²) in [7, 11) is 1.53. The second-order valence-electron chi connectivity index (χ2n) is 3.71. The Morgan fingerprint density at radius 3 is 3.00 bits per heavy atom. The molecule has 1 aromatic rings. The number of aromatic nitrogens is 1. The molecule has 0 N–H and O–H groups in total. The Balaban J connectivity index is 2.89. The van der Waals surface area contributed by atoms with Gasteiger partial charge in [0.1, 0.15) is 11.0 Å². The molecule has 1 heterocycles. The molecule has 1 atom stereocenters. The van der Waals surface area contributed by atoms with Crippen LogP contribution in [0.2, 0.25) is 5.15 Å². The number of nitrogens with zero attached hydrogens (tertiary/aromatic N) is 3. The van der Waals surface area contributed by atoms with Crippen molar-refractivity contribution in [2.75, 3.05) is 13.6 Å². The monoisotopic (exact) mass is 255 g/mol. The number of nitriles is 1. The normalized spacial score (nSPS) is 11.7. The van der Waals surface area contributed by atoms with Crippen LogP contribution in [0.4, 0.5) is 4.39 Å². The van der Waals surface area contributed by atoms with Gasteiger partial charge in [0.2, 0.25) is 0 Å². The van der Waals surface area contributed by atoms with Gasteiger partial charge in [-0.1, -0.05) is 11.6 Å². The van der Waals surface area contributed by atoms with Crippen molar-refractivity contribution in [3.63, 3.8) is 0 Å². The summed E-state index contributed by atoms with van der Waals surface area (Å²) in [6.07, 6.45) is 0.941. The molecule has 4 nitrogen and oxygen atoms in total. The van der Waals surface area contributed by atoms with Crippen molar-refractivity contribution in [2.45, 2.75) is 6.92 Å². The van der Waals surface area contributed by atoms with Gasteiger partial charge in [0, 0.05) is 13.6 Å². The maximum absolute atomic E-state index is 13.0. The van der Waals surface area contributed by atoms with Gasteiger partial charge in [0.05, 0.1) is 23.7 Å². The second kappa shape index (κ2) is 5.60. The van der Waals surface area contributed by atoms with Gasteiger partial charge in [-0.3, -0.25) is 4.79 Å². The van der Waals surface area contributed by atoms with Gasteiger partial charge in [-0.05, 0) is 13.0 Å². The molecular weight excluding hydrogens is 245 g/mol. The van der Waals surface area contributed by atoms with E-state index in [4.69, 9.17) is 16.9 Å². The minimum absolute atomic E-state index is 0.000642. The highest BCUT2D eigenvalue weighted by molar-refractivity contribution is 6.32. The molecule has 0 aromatic carbocycles. The van der Waals surface area contributed by atoms with Gasteiger partial charge in [-0.25, -0.2) is 9.37 Å². The number of hydrogen-bond acceptors (Lipinski definition) is 3. The van der Waals surface area contributed by atoms with Crippen LogP contribution in [0.5, 0.6) is 0 Å². The molecule has 1 unspecified atom stereocenters. The second-order valence-corrected chi connectivity index (χ2v) is 4.07. The van der Waals surface area contributed by atoms with Crippen molar-refractivity contribution in [3.8, 4) is 6.07 Å². The van der Waals surface area contributed by atoms with Crippen LogP contribution in [0.25, 0.3) is 0 Å². The summed E-state index contributed by atoms with van der Waals surface area (Å²) in [6.45, 7) is 1.94. The first kappa shape index (κ1) is 13.4. The zero-order chi connectivity index (χ0) is 13.0. The number of hydrogen-bond donors (Lipinski definition) is 0. The molecule has 0 radical (unpaired) electrons. The Hall–Kier alpha value is -1.67. The minimum Gasteiger partial charge on any atom is -0.340 e. The van der Waals surface area contributed by atoms with E-state index in [1.807, 2.05) is 6.07 Å². The van der Waals surface area contributed by atoms with Crippen LogP contribution in [0.1, 0.15) is 17.3 Å². The fraction of sp³-hybridized carbons (Fsp3) is 0.364. The SMILES string of the molecule is CC(C#N)CN(C)C(=O)c1cc(F)cnc1Cl. The van der Waals surface area contributed by atoms with Crippen molar-refractivity contribution in [1.82, 2.24) is 9.88 Å². The van der Waals surface area contributed by atoms with E-state index < -0.39 is 11.7 Å². The van der Waals surface area contributed by atoms with E-state index in [-0.39, 0.29) is 23.2 Å². The number of halogens is 2. The van der Waals surface area contributed by atoms with Gasteiger partial charge in [0.15, 0.2) is 0 Å². The molecule has 90 valence electrons. The van der Waals surface area contributed by atoms with Crippen LogP contribution in [0, 0.1) is 23.1 Å². The molecule has 1 amide bonds. The zero-order valence-corrected chi connectivity index (χ0v) is 10.2. The van der Waals surface area contributed by atoms with Crippen molar-refractivity contribution in [3.05, 3.63) is 28.8 Å². The van der Waals surface area contributed by atoms with Crippen LogP contribution >= 0.6 is 11.6 Å². The molecule has 1 rings (SSSR count). The molecule has 17 heavy (non-hydrogen) atoms. The van der Waals surface area contributed by atoms with E-state index in [2.05, 4.69) is 4.98 Å². The summed E-state index contributed by atoms with van der Waals surface area (Å²) in [5.41, 5.74) is -0.000642. The van der Waals surface area contributed by atoms with Crippen LogP contribution in [-0.4, -0.2) is 29.4 Å². The van der Waals surface area contributed by atoms with Crippen LogP contribution in [0.15, 0.2) is 12.3 Å². The van der Waals surface area contributed by atoms with Gasteiger partial charge < -0.3 is 4.90 Å². The maximum Gasteiger partial charge on any atom is 0.256 e. The first-order valence-corrected chi connectivity index (χ1v) is 5.29. The maximum atomic E-state index is 13.0. The van der Waals surface area contributed by atoms with Crippen molar-refractivity contribution in [1.29, 1.82) is 5.26 Å². The summed E-state index contributed by atoms with van der Waals surface area (Å²) < 4.78 is 13.0. The van der Waals surface area contributed by atoms with E-state index in [1.54, 1.807) is 6.92 Å². The molecule has 0 aliphatic carbocycles. The van der Waals surface area contributed by atoms with Crippen LogP contribution < -0.4 is 0 Å². The quantitative estimate of drug-likeness (QED) is 0.778. The van der Waals surface area contributed by atoms with Crippen molar-refractivity contribution in [2.24, 2.45) is 5.92 Å². The fourth-order valence-corrected chi connectivity index (χ4v) is 1.50. The largest absolute Gasteiger partial charge is 0.340 e. The van der Waals surface area contributed by atoms with Gasteiger partial charge >= 0.3 is 0 Å². The summed E-state index contributed by atoms with van der Waals surface area (Å²) in [5.74, 6) is -1.38. The van der Waals surface area contributed by atoms with Crippen LogP contribution in [-0.2, 0) is 0 Å². The molecule has 0 spiro atoms. The van der Waals surface area contributed by atoms with Crippen molar-refractivity contribution < 1.29 is 9.18 Å². The first-order chi connectivity index (χ1) is 7.95. The minimum atomic E-state index is -0.625. The van der Waals surface area contributed by atoms with E-state index in [0.717, 1.165) is 12.3 Å². The summed E-state index contributed by atoms with van der Waals surface area (Å²) in [6, 6.07) is 3.04. The predicted octanol–water partition coefficient (Wildman–Crippen LogP) is 2.11.